The van der Waals surface area contributed by atoms with Crippen LogP contribution in [0.25, 0.3) is 0 Å². The largest absolute Gasteiger partial charge is 0.317 e. The predicted molar refractivity (Wildman–Crippen MR) is 75.6 cm³/mol. The van der Waals surface area contributed by atoms with E-state index >= 15 is 0 Å². The molecule has 1 aromatic heterocycles. The summed E-state index contributed by atoms with van der Waals surface area (Å²) >= 11 is 1.74. The third-order valence-electron chi connectivity index (χ3n) is 3.44. The maximum Gasteiger partial charge on any atom is 0.0733 e. The summed E-state index contributed by atoms with van der Waals surface area (Å²) in [5.41, 5.74) is 11.2. The summed E-state index contributed by atoms with van der Waals surface area (Å²) in [5.74, 6) is 0. The van der Waals surface area contributed by atoms with Gasteiger partial charge in [0.1, 0.15) is 0 Å². The molecule has 0 bridgehead atoms. The van der Waals surface area contributed by atoms with Crippen molar-refractivity contribution in [1.29, 1.82) is 0 Å². The number of nitrogens with two attached hydrogens (primary N) is 1. The van der Waals surface area contributed by atoms with E-state index in [0.717, 1.165) is 0 Å². The maximum absolute atomic E-state index is 6.53. The van der Waals surface area contributed by atoms with Gasteiger partial charge in [-0.1, -0.05) is 18.2 Å². The lowest BCUT2D eigenvalue weighted by Crippen LogP contribution is -2.34. The molecule has 0 fully saturated rings. The Kier molecular flexibility index (Phi) is 3.11. The van der Waals surface area contributed by atoms with E-state index in [4.69, 9.17) is 5.73 Å². The third-order valence-corrected chi connectivity index (χ3v) is 4.69. The van der Waals surface area contributed by atoms with Crippen LogP contribution in [0.1, 0.15) is 34.1 Å². The van der Waals surface area contributed by atoms with Crippen molar-refractivity contribution in [2.24, 2.45) is 5.73 Å². The summed E-state index contributed by atoms with van der Waals surface area (Å²) < 4.78 is 0. The van der Waals surface area contributed by atoms with Crippen LogP contribution in [-0.4, -0.2) is 0 Å². The van der Waals surface area contributed by atoms with Crippen LogP contribution < -0.4 is 5.73 Å². The molecule has 0 amide bonds. The number of aryl methyl sites for hydroxylation is 3. The molecule has 90 valence electrons. The van der Waals surface area contributed by atoms with E-state index in [-0.39, 0.29) is 0 Å². The van der Waals surface area contributed by atoms with Crippen molar-refractivity contribution >= 4 is 11.3 Å². The Morgan fingerprint density at radius 1 is 1.00 bits per heavy atom. The molecule has 0 aliphatic carbocycles. The second kappa shape index (κ2) is 4.28. The van der Waals surface area contributed by atoms with Crippen LogP contribution in [0.3, 0.4) is 0 Å². The number of benzene rings is 1. The van der Waals surface area contributed by atoms with Crippen LogP contribution >= 0.6 is 11.3 Å². The normalized spacial score (nSPS) is 14.6. The highest BCUT2D eigenvalue weighted by Crippen LogP contribution is 2.33. The first kappa shape index (κ1) is 12.3. The van der Waals surface area contributed by atoms with Crippen LogP contribution in [0.4, 0.5) is 0 Å². The molecule has 1 atom stereocenters. The molecule has 0 radical (unpaired) electrons. The van der Waals surface area contributed by atoms with Gasteiger partial charge in [0, 0.05) is 4.88 Å². The van der Waals surface area contributed by atoms with Gasteiger partial charge >= 0.3 is 0 Å². The Balaban J connectivity index is 2.51. The van der Waals surface area contributed by atoms with Gasteiger partial charge in [-0.2, -0.15) is 0 Å². The summed E-state index contributed by atoms with van der Waals surface area (Å²) in [6, 6.07) is 8.63. The van der Waals surface area contributed by atoms with Gasteiger partial charge in [-0.25, -0.2) is 0 Å². The lowest BCUT2D eigenvalue weighted by Gasteiger charge is -2.26. The van der Waals surface area contributed by atoms with Crippen molar-refractivity contribution in [2.45, 2.75) is 33.2 Å². The van der Waals surface area contributed by atoms with E-state index in [0.29, 0.717) is 0 Å². The summed E-state index contributed by atoms with van der Waals surface area (Å²) in [5, 5.41) is 2.11. The SMILES string of the molecule is Cc1ccc(C(C)(N)c2sccc2C)cc1C. The van der Waals surface area contributed by atoms with Crippen molar-refractivity contribution in [2.75, 3.05) is 0 Å². The molecular weight excluding hydrogens is 226 g/mol. The van der Waals surface area contributed by atoms with E-state index in [9.17, 15) is 0 Å². The van der Waals surface area contributed by atoms with Crippen LogP contribution in [-0.2, 0) is 5.54 Å². The molecule has 2 aromatic rings. The Hall–Kier alpha value is -1.12. The number of rotatable bonds is 2. The van der Waals surface area contributed by atoms with Gasteiger partial charge in [-0.3, -0.25) is 0 Å². The van der Waals surface area contributed by atoms with Gasteiger partial charge in [-0.15, -0.1) is 11.3 Å². The Morgan fingerprint density at radius 2 is 1.71 bits per heavy atom. The molecule has 1 nitrogen and oxygen atoms in total. The summed E-state index contributed by atoms with van der Waals surface area (Å²) in [4.78, 5) is 1.25. The zero-order valence-electron chi connectivity index (χ0n) is 10.9. The molecule has 2 rings (SSSR count). The van der Waals surface area contributed by atoms with Crippen LogP contribution in [0, 0.1) is 20.8 Å². The first-order chi connectivity index (χ1) is 7.93. The van der Waals surface area contributed by atoms with Gasteiger partial charge < -0.3 is 5.73 Å². The van der Waals surface area contributed by atoms with Gasteiger partial charge in [0.15, 0.2) is 0 Å². The lowest BCUT2D eigenvalue weighted by molar-refractivity contribution is 0.612. The van der Waals surface area contributed by atoms with Crippen molar-refractivity contribution in [3.63, 3.8) is 0 Å². The fraction of sp³-hybridized carbons (Fsp3) is 0.333. The second-order valence-corrected chi connectivity index (χ2v) is 5.85. The van der Waals surface area contributed by atoms with Crippen LogP contribution in [0.15, 0.2) is 29.6 Å². The molecule has 0 saturated carbocycles. The summed E-state index contributed by atoms with van der Waals surface area (Å²) in [6.07, 6.45) is 0. The summed E-state index contributed by atoms with van der Waals surface area (Å²) in [7, 11) is 0. The number of thiophene rings is 1. The van der Waals surface area contributed by atoms with Crippen molar-refractivity contribution in [3.05, 3.63) is 56.8 Å². The quantitative estimate of drug-likeness (QED) is 0.853. The van der Waals surface area contributed by atoms with E-state index in [1.807, 2.05) is 0 Å². The monoisotopic (exact) mass is 245 g/mol. The zero-order chi connectivity index (χ0) is 12.6. The fourth-order valence-corrected chi connectivity index (χ4v) is 3.13. The Morgan fingerprint density at radius 3 is 2.24 bits per heavy atom. The summed E-state index contributed by atoms with van der Waals surface area (Å²) in [6.45, 7) is 8.48. The van der Waals surface area contributed by atoms with Gasteiger partial charge in [0.25, 0.3) is 0 Å². The average Bonchev–Trinajstić information content (AvgIpc) is 2.69. The first-order valence-corrected chi connectivity index (χ1v) is 6.72. The minimum atomic E-state index is -0.392. The second-order valence-electron chi connectivity index (χ2n) is 4.93. The maximum atomic E-state index is 6.53. The molecule has 0 saturated heterocycles. The molecule has 17 heavy (non-hydrogen) atoms. The highest BCUT2D eigenvalue weighted by molar-refractivity contribution is 7.10. The zero-order valence-corrected chi connectivity index (χ0v) is 11.7. The minimum Gasteiger partial charge on any atom is -0.317 e. The van der Waals surface area contributed by atoms with Crippen molar-refractivity contribution in [3.8, 4) is 0 Å². The molecule has 0 aliphatic heterocycles. The van der Waals surface area contributed by atoms with E-state index < -0.39 is 5.54 Å². The topological polar surface area (TPSA) is 26.0 Å². The molecule has 1 heterocycles. The van der Waals surface area contributed by atoms with E-state index in [1.54, 1.807) is 11.3 Å². The minimum absolute atomic E-state index is 0.392. The predicted octanol–water partition coefficient (Wildman–Crippen LogP) is 3.90. The molecule has 0 aliphatic rings. The lowest BCUT2D eigenvalue weighted by atomic mass is 9.88. The van der Waals surface area contributed by atoms with E-state index in [2.05, 4.69) is 57.3 Å². The Bertz CT molecular complexity index is 538. The van der Waals surface area contributed by atoms with Crippen LogP contribution in [0.2, 0.25) is 0 Å². The average molecular weight is 245 g/mol. The highest BCUT2D eigenvalue weighted by Gasteiger charge is 2.26. The molecule has 1 aromatic carbocycles. The fourth-order valence-electron chi connectivity index (χ4n) is 2.10. The number of hydrogen-bond donors (Lipinski definition) is 1. The molecular formula is C15H19NS. The van der Waals surface area contributed by atoms with Crippen LogP contribution in [0.5, 0.6) is 0 Å². The molecule has 0 spiro atoms. The first-order valence-electron chi connectivity index (χ1n) is 5.84. The third kappa shape index (κ3) is 2.15. The van der Waals surface area contributed by atoms with Gasteiger partial charge in [0.05, 0.1) is 5.54 Å². The standard InChI is InChI=1S/C15H19NS/c1-10-5-6-13(9-12(10)3)15(4,16)14-11(2)7-8-17-14/h5-9H,16H2,1-4H3. The molecule has 1 unspecified atom stereocenters. The van der Waals surface area contributed by atoms with Gasteiger partial charge in [0.2, 0.25) is 0 Å². The highest BCUT2D eigenvalue weighted by atomic mass is 32.1. The number of hydrogen-bond acceptors (Lipinski definition) is 2. The van der Waals surface area contributed by atoms with Gasteiger partial charge in [-0.05, 0) is 61.4 Å². The smallest absolute Gasteiger partial charge is 0.0733 e. The molecule has 2 N–H and O–H groups in total. The van der Waals surface area contributed by atoms with Crippen molar-refractivity contribution in [1.82, 2.24) is 0 Å². The van der Waals surface area contributed by atoms with E-state index in [1.165, 1.54) is 27.1 Å². The van der Waals surface area contributed by atoms with Crippen molar-refractivity contribution < 1.29 is 0 Å². The Labute approximate surface area is 107 Å². The molecule has 2 heteroatoms.